The van der Waals surface area contributed by atoms with E-state index in [1.54, 1.807) is 0 Å². The lowest BCUT2D eigenvalue weighted by Crippen LogP contribution is -2.36. The molecule has 3 nitrogen and oxygen atoms in total. The van der Waals surface area contributed by atoms with Crippen molar-refractivity contribution >= 4 is 11.4 Å². The summed E-state index contributed by atoms with van der Waals surface area (Å²) >= 11 is 0. The highest BCUT2D eigenvalue weighted by molar-refractivity contribution is 5.70. The van der Waals surface area contributed by atoms with Crippen LogP contribution in [0.1, 0.15) is 31.2 Å². The van der Waals surface area contributed by atoms with Gasteiger partial charge in [0.1, 0.15) is 0 Å². The number of nitrogens with two attached hydrogens (primary N) is 1. The minimum atomic E-state index is -0.243. The number of nitrogens with one attached hydrogen (secondary N) is 1. The molecule has 88 valence electrons. The van der Waals surface area contributed by atoms with Crippen LogP contribution in [-0.4, -0.2) is 17.3 Å². The zero-order chi connectivity index (χ0) is 11.5. The molecule has 0 spiro atoms. The third kappa shape index (κ3) is 2.30. The van der Waals surface area contributed by atoms with Crippen molar-refractivity contribution in [2.24, 2.45) is 0 Å². The number of aryl methyl sites for hydroxylation is 1. The predicted octanol–water partition coefficient (Wildman–Crippen LogP) is 2.29. The highest BCUT2D eigenvalue weighted by Crippen LogP contribution is 2.27. The molecule has 0 aromatic heterocycles. The van der Waals surface area contributed by atoms with Crippen LogP contribution < -0.4 is 11.1 Å². The zero-order valence-electron chi connectivity index (χ0n) is 9.74. The molecule has 1 aliphatic rings. The minimum absolute atomic E-state index is 0.150. The molecule has 0 saturated heterocycles. The van der Waals surface area contributed by atoms with Crippen molar-refractivity contribution in [1.29, 1.82) is 0 Å². The molecule has 4 N–H and O–H groups in total. The molecule has 2 atom stereocenters. The maximum Gasteiger partial charge on any atom is 0.0741 e. The summed E-state index contributed by atoms with van der Waals surface area (Å²) in [6, 6.07) is 6.03. The Bertz CT molecular complexity index is 345. The van der Waals surface area contributed by atoms with Gasteiger partial charge in [-0.3, -0.25) is 0 Å². The summed E-state index contributed by atoms with van der Waals surface area (Å²) in [5.74, 6) is 0. The number of aliphatic hydroxyl groups is 1. The number of para-hydroxylation sites is 1. The van der Waals surface area contributed by atoms with Crippen LogP contribution in [0.3, 0.4) is 0 Å². The van der Waals surface area contributed by atoms with Crippen molar-refractivity contribution in [1.82, 2.24) is 0 Å². The van der Waals surface area contributed by atoms with Gasteiger partial charge in [-0.15, -0.1) is 0 Å². The van der Waals surface area contributed by atoms with Crippen LogP contribution in [0.2, 0.25) is 0 Å². The van der Waals surface area contributed by atoms with Gasteiger partial charge in [0.15, 0.2) is 0 Å². The van der Waals surface area contributed by atoms with Crippen LogP contribution in [-0.2, 0) is 0 Å². The van der Waals surface area contributed by atoms with Crippen LogP contribution in [0.15, 0.2) is 18.2 Å². The molecule has 0 heterocycles. The molecule has 16 heavy (non-hydrogen) atoms. The summed E-state index contributed by atoms with van der Waals surface area (Å²) in [5.41, 5.74) is 8.82. The van der Waals surface area contributed by atoms with Gasteiger partial charge in [0, 0.05) is 0 Å². The first-order valence-corrected chi connectivity index (χ1v) is 5.98. The largest absolute Gasteiger partial charge is 0.397 e. The summed E-state index contributed by atoms with van der Waals surface area (Å²) in [4.78, 5) is 0. The second kappa shape index (κ2) is 4.74. The van der Waals surface area contributed by atoms with Crippen molar-refractivity contribution in [3.63, 3.8) is 0 Å². The maximum atomic E-state index is 9.91. The molecule has 1 aromatic carbocycles. The van der Waals surface area contributed by atoms with E-state index >= 15 is 0 Å². The first kappa shape index (κ1) is 11.3. The summed E-state index contributed by atoms with van der Waals surface area (Å²) in [7, 11) is 0. The van der Waals surface area contributed by atoms with E-state index in [4.69, 9.17) is 5.73 Å². The highest BCUT2D eigenvalue weighted by Gasteiger charge is 2.23. The van der Waals surface area contributed by atoms with Gasteiger partial charge in [-0.25, -0.2) is 0 Å². The first-order valence-electron chi connectivity index (χ1n) is 5.98. The molecule has 0 radical (unpaired) electrons. The summed E-state index contributed by atoms with van der Waals surface area (Å²) in [5, 5.41) is 13.3. The van der Waals surface area contributed by atoms with E-state index < -0.39 is 0 Å². The smallest absolute Gasteiger partial charge is 0.0741 e. The van der Waals surface area contributed by atoms with Crippen LogP contribution >= 0.6 is 0 Å². The third-order valence-corrected chi connectivity index (χ3v) is 3.36. The molecule has 1 saturated carbocycles. The van der Waals surface area contributed by atoms with Crippen molar-refractivity contribution in [2.75, 3.05) is 11.1 Å². The van der Waals surface area contributed by atoms with E-state index in [1.807, 2.05) is 25.1 Å². The second-order valence-corrected chi connectivity index (χ2v) is 4.64. The molecule has 0 amide bonds. The fourth-order valence-electron chi connectivity index (χ4n) is 2.35. The lowest BCUT2D eigenvalue weighted by Gasteiger charge is -2.30. The molecule has 0 aliphatic heterocycles. The van der Waals surface area contributed by atoms with Crippen LogP contribution in [0.4, 0.5) is 11.4 Å². The lowest BCUT2D eigenvalue weighted by atomic mass is 9.92. The molecule has 0 bridgehead atoms. The number of aliphatic hydroxyl groups excluding tert-OH is 1. The topological polar surface area (TPSA) is 58.3 Å². The Labute approximate surface area is 96.7 Å². The van der Waals surface area contributed by atoms with Gasteiger partial charge in [0.2, 0.25) is 0 Å². The Morgan fingerprint density at radius 2 is 2.06 bits per heavy atom. The molecule has 3 heteroatoms. The Hall–Kier alpha value is -1.22. The Morgan fingerprint density at radius 1 is 1.31 bits per heavy atom. The van der Waals surface area contributed by atoms with Gasteiger partial charge in [0.05, 0.1) is 23.5 Å². The van der Waals surface area contributed by atoms with E-state index in [9.17, 15) is 5.11 Å². The standard InChI is InChI=1S/C13H20N2O/c1-9-5-4-6-10(14)13(9)15-11-7-2-3-8-12(11)16/h4-6,11-12,15-16H,2-3,7-8,14H2,1H3. The highest BCUT2D eigenvalue weighted by atomic mass is 16.3. The molecule has 1 aliphatic carbocycles. The summed E-state index contributed by atoms with van der Waals surface area (Å²) in [6.45, 7) is 2.04. The monoisotopic (exact) mass is 220 g/mol. The quantitative estimate of drug-likeness (QED) is 0.670. The fourth-order valence-corrected chi connectivity index (χ4v) is 2.35. The van der Waals surface area contributed by atoms with Crippen molar-refractivity contribution in [3.05, 3.63) is 23.8 Å². The van der Waals surface area contributed by atoms with Gasteiger partial charge in [0.25, 0.3) is 0 Å². The van der Waals surface area contributed by atoms with Gasteiger partial charge >= 0.3 is 0 Å². The van der Waals surface area contributed by atoms with Crippen molar-refractivity contribution < 1.29 is 5.11 Å². The van der Waals surface area contributed by atoms with Gasteiger partial charge < -0.3 is 16.2 Å². The number of benzene rings is 1. The summed E-state index contributed by atoms with van der Waals surface area (Å²) in [6.07, 6.45) is 3.98. The van der Waals surface area contributed by atoms with Crippen LogP contribution in [0.5, 0.6) is 0 Å². The number of hydrogen-bond donors (Lipinski definition) is 3. The van der Waals surface area contributed by atoms with Gasteiger partial charge in [-0.05, 0) is 31.4 Å². The third-order valence-electron chi connectivity index (χ3n) is 3.36. The Morgan fingerprint density at radius 3 is 2.75 bits per heavy atom. The normalized spacial score (nSPS) is 25.4. The van der Waals surface area contributed by atoms with Crippen LogP contribution in [0, 0.1) is 6.92 Å². The average Bonchev–Trinajstić information content (AvgIpc) is 2.26. The van der Waals surface area contributed by atoms with E-state index in [-0.39, 0.29) is 12.1 Å². The van der Waals surface area contributed by atoms with Gasteiger partial charge in [-0.2, -0.15) is 0 Å². The summed E-state index contributed by atoms with van der Waals surface area (Å²) < 4.78 is 0. The van der Waals surface area contributed by atoms with E-state index in [0.717, 1.165) is 36.2 Å². The molecular formula is C13H20N2O. The number of nitrogen functional groups attached to an aromatic ring is 1. The average molecular weight is 220 g/mol. The van der Waals surface area contributed by atoms with E-state index in [2.05, 4.69) is 5.32 Å². The minimum Gasteiger partial charge on any atom is -0.397 e. The number of anilines is 2. The van der Waals surface area contributed by atoms with E-state index in [1.165, 1.54) is 6.42 Å². The fraction of sp³-hybridized carbons (Fsp3) is 0.538. The van der Waals surface area contributed by atoms with E-state index in [0.29, 0.717) is 0 Å². The Balaban J connectivity index is 2.13. The van der Waals surface area contributed by atoms with Crippen molar-refractivity contribution in [3.8, 4) is 0 Å². The lowest BCUT2D eigenvalue weighted by molar-refractivity contribution is 0.116. The number of rotatable bonds is 2. The zero-order valence-corrected chi connectivity index (χ0v) is 9.74. The Kier molecular flexibility index (Phi) is 3.34. The second-order valence-electron chi connectivity index (χ2n) is 4.64. The van der Waals surface area contributed by atoms with Crippen molar-refractivity contribution in [2.45, 2.75) is 44.8 Å². The maximum absolute atomic E-state index is 9.91. The molecular weight excluding hydrogens is 200 g/mol. The van der Waals surface area contributed by atoms with Crippen LogP contribution in [0.25, 0.3) is 0 Å². The predicted molar refractivity (Wildman–Crippen MR) is 67.5 cm³/mol. The van der Waals surface area contributed by atoms with Gasteiger partial charge in [-0.1, -0.05) is 25.0 Å². The molecule has 1 aromatic rings. The number of hydrogen-bond acceptors (Lipinski definition) is 3. The SMILES string of the molecule is Cc1cccc(N)c1NC1CCCCC1O. The molecule has 2 unspecified atom stereocenters. The molecule has 1 fully saturated rings. The first-order chi connectivity index (χ1) is 7.68. The molecule has 2 rings (SSSR count).